The van der Waals surface area contributed by atoms with Crippen LogP contribution in [0.5, 0.6) is 0 Å². The number of carbonyl (C=O) groups is 1. The molecule has 0 aromatic heterocycles. The molecule has 0 aromatic rings. The van der Waals surface area contributed by atoms with E-state index in [4.69, 9.17) is 5.11 Å². The minimum Gasteiger partial charge on any atom is -0.481 e. The lowest BCUT2D eigenvalue weighted by Gasteiger charge is -2.61. The van der Waals surface area contributed by atoms with Crippen molar-refractivity contribution in [1.29, 1.82) is 0 Å². The minimum atomic E-state index is -0.621. The van der Waals surface area contributed by atoms with Crippen LogP contribution in [0.2, 0.25) is 0 Å². The highest BCUT2D eigenvalue weighted by molar-refractivity contribution is 5.66. The Hall–Kier alpha value is -0.530. The summed E-state index contributed by atoms with van der Waals surface area (Å²) in [6.45, 7) is 7.60. The molecule has 4 saturated carbocycles. The fourth-order valence-corrected chi connectivity index (χ4v) is 8.82. The van der Waals surface area contributed by atoms with E-state index < -0.39 is 5.97 Å². The van der Waals surface area contributed by atoms with Gasteiger partial charge in [0.2, 0.25) is 0 Å². The zero-order chi connectivity index (χ0) is 18.5. The molecule has 0 bridgehead atoms. The second-order valence-corrected chi connectivity index (χ2v) is 11.0. The Morgan fingerprint density at radius 1 is 0.962 bits per heavy atom. The molecule has 1 N–H and O–H groups in total. The van der Waals surface area contributed by atoms with E-state index in [2.05, 4.69) is 20.8 Å². The zero-order valence-corrected chi connectivity index (χ0v) is 17.3. The fourth-order valence-electron chi connectivity index (χ4n) is 8.82. The Kier molecular flexibility index (Phi) is 4.93. The molecular weight excluding hydrogens is 320 g/mol. The highest BCUT2D eigenvalue weighted by Gasteiger charge is 2.60. The van der Waals surface area contributed by atoms with E-state index in [9.17, 15) is 4.79 Å². The van der Waals surface area contributed by atoms with Gasteiger partial charge >= 0.3 is 5.97 Å². The molecule has 2 heteroatoms. The first kappa shape index (κ1) is 18.8. The summed E-state index contributed by atoms with van der Waals surface area (Å²) < 4.78 is 0. The molecule has 4 fully saturated rings. The molecule has 0 amide bonds. The molecule has 0 radical (unpaired) electrons. The quantitative estimate of drug-likeness (QED) is 0.618. The van der Waals surface area contributed by atoms with Gasteiger partial charge in [0.1, 0.15) is 0 Å². The predicted molar refractivity (Wildman–Crippen MR) is 106 cm³/mol. The van der Waals surface area contributed by atoms with Gasteiger partial charge in [-0.25, -0.2) is 0 Å². The van der Waals surface area contributed by atoms with Gasteiger partial charge in [0.05, 0.1) is 0 Å². The second kappa shape index (κ2) is 6.82. The molecule has 26 heavy (non-hydrogen) atoms. The van der Waals surface area contributed by atoms with Crippen LogP contribution in [-0.2, 0) is 4.79 Å². The Balaban J connectivity index is 1.52. The van der Waals surface area contributed by atoms with Crippen LogP contribution in [0.1, 0.15) is 97.8 Å². The predicted octanol–water partition coefficient (Wildman–Crippen LogP) is 6.54. The van der Waals surface area contributed by atoms with E-state index >= 15 is 0 Å². The number of fused-ring (bicyclic) bond motifs is 5. The maximum atomic E-state index is 11.0. The van der Waals surface area contributed by atoms with E-state index in [1.807, 2.05) is 0 Å². The summed E-state index contributed by atoms with van der Waals surface area (Å²) in [5, 5.41) is 9.09. The summed E-state index contributed by atoms with van der Waals surface area (Å²) in [6.07, 6.45) is 15.7. The van der Waals surface area contributed by atoms with E-state index in [-0.39, 0.29) is 0 Å². The standard InChI is InChI=1S/C24H40O2/c1-16(7-12-22(25)26)19-10-11-20-18-9-8-17-6-4-5-14-23(17,2)21(18)13-15-24(19,20)3/h16-21H,4-15H2,1-3H3,(H,25,26)/t16?,17?,18-,19?,20-,21-,23-,24+/m0/s1. The van der Waals surface area contributed by atoms with E-state index in [1.54, 1.807) is 0 Å². The molecule has 8 atom stereocenters. The summed E-state index contributed by atoms with van der Waals surface area (Å²) in [4.78, 5) is 11.0. The monoisotopic (exact) mass is 360 g/mol. The smallest absolute Gasteiger partial charge is 0.303 e. The summed E-state index contributed by atoms with van der Waals surface area (Å²) in [5.74, 6) is 4.57. The highest BCUT2D eigenvalue weighted by Crippen LogP contribution is 2.68. The first-order valence-corrected chi connectivity index (χ1v) is 11.6. The summed E-state index contributed by atoms with van der Waals surface area (Å²) >= 11 is 0. The van der Waals surface area contributed by atoms with E-state index in [0.717, 1.165) is 36.0 Å². The van der Waals surface area contributed by atoms with Crippen LogP contribution in [0.15, 0.2) is 0 Å². The van der Waals surface area contributed by atoms with Crippen molar-refractivity contribution in [1.82, 2.24) is 0 Å². The minimum absolute atomic E-state index is 0.351. The van der Waals surface area contributed by atoms with Crippen molar-refractivity contribution < 1.29 is 9.90 Å². The van der Waals surface area contributed by atoms with Gasteiger partial charge in [-0.15, -0.1) is 0 Å². The van der Waals surface area contributed by atoms with Crippen molar-refractivity contribution in [3.05, 3.63) is 0 Å². The van der Waals surface area contributed by atoms with Crippen molar-refractivity contribution in [2.24, 2.45) is 46.3 Å². The SMILES string of the molecule is CC(CCC(=O)O)C1CC[C@H]2[C@@H]3CCC4CCCC[C@]4(C)[C@H]3CC[C@]12C. The summed E-state index contributed by atoms with van der Waals surface area (Å²) in [7, 11) is 0. The van der Waals surface area contributed by atoms with Crippen LogP contribution in [0.25, 0.3) is 0 Å². The van der Waals surface area contributed by atoms with Crippen LogP contribution in [0.4, 0.5) is 0 Å². The summed E-state index contributed by atoms with van der Waals surface area (Å²) in [5.41, 5.74) is 1.12. The maximum absolute atomic E-state index is 11.0. The highest BCUT2D eigenvalue weighted by atomic mass is 16.4. The topological polar surface area (TPSA) is 37.3 Å². The Morgan fingerprint density at radius 2 is 1.73 bits per heavy atom. The molecule has 148 valence electrons. The van der Waals surface area contributed by atoms with Gasteiger partial charge in [-0.2, -0.15) is 0 Å². The van der Waals surface area contributed by atoms with Gasteiger partial charge in [-0.1, -0.05) is 33.6 Å². The molecule has 0 saturated heterocycles. The van der Waals surface area contributed by atoms with Crippen molar-refractivity contribution in [3.63, 3.8) is 0 Å². The van der Waals surface area contributed by atoms with Crippen LogP contribution in [0, 0.1) is 46.3 Å². The third-order valence-corrected chi connectivity index (χ3v) is 10.2. The average molecular weight is 361 g/mol. The third kappa shape index (κ3) is 2.85. The molecule has 0 aromatic carbocycles. The number of hydrogen-bond donors (Lipinski definition) is 1. The largest absolute Gasteiger partial charge is 0.481 e. The van der Waals surface area contributed by atoms with Crippen molar-refractivity contribution in [2.45, 2.75) is 97.8 Å². The molecular formula is C24H40O2. The Bertz CT molecular complexity index is 542. The van der Waals surface area contributed by atoms with Gasteiger partial charge in [-0.05, 0) is 104 Å². The average Bonchev–Trinajstić information content (AvgIpc) is 2.96. The van der Waals surface area contributed by atoms with Crippen LogP contribution >= 0.6 is 0 Å². The number of carboxylic acid groups (broad SMARTS) is 1. The number of carboxylic acids is 1. The van der Waals surface area contributed by atoms with Gasteiger partial charge in [0.15, 0.2) is 0 Å². The number of hydrogen-bond acceptors (Lipinski definition) is 1. The molecule has 0 heterocycles. The molecule has 2 nitrogen and oxygen atoms in total. The Labute approximate surface area is 160 Å². The third-order valence-electron chi connectivity index (χ3n) is 10.2. The normalized spacial score (nSPS) is 49.0. The molecule has 4 rings (SSSR count). The van der Waals surface area contributed by atoms with Gasteiger partial charge < -0.3 is 5.11 Å². The van der Waals surface area contributed by atoms with Gasteiger partial charge in [0.25, 0.3) is 0 Å². The molecule has 0 aliphatic heterocycles. The lowest BCUT2D eigenvalue weighted by atomic mass is 9.44. The molecule has 3 unspecified atom stereocenters. The first-order valence-electron chi connectivity index (χ1n) is 11.6. The van der Waals surface area contributed by atoms with Crippen LogP contribution < -0.4 is 0 Å². The van der Waals surface area contributed by atoms with Crippen molar-refractivity contribution in [2.75, 3.05) is 0 Å². The van der Waals surface area contributed by atoms with E-state index in [0.29, 0.717) is 23.2 Å². The molecule has 0 spiro atoms. The van der Waals surface area contributed by atoms with Crippen LogP contribution in [-0.4, -0.2) is 11.1 Å². The van der Waals surface area contributed by atoms with Crippen LogP contribution in [0.3, 0.4) is 0 Å². The Morgan fingerprint density at radius 3 is 2.50 bits per heavy atom. The van der Waals surface area contributed by atoms with Gasteiger partial charge in [0, 0.05) is 6.42 Å². The number of aliphatic carboxylic acids is 1. The summed E-state index contributed by atoms with van der Waals surface area (Å²) in [6, 6.07) is 0. The molecule has 4 aliphatic carbocycles. The fraction of sp³-hybridized carbons (Fsp3) is 0.958. The van der Waals surface area contributed by atoms with Crippen molar-refractivity contribution >= 4 is 5.97 Å². The lowest BCUT2D eigenvalue weighted by Crippen LogP contribution is -2.53. The zero-order valence-electron chi connectivity index (χ0n) is 17.3. The number of rotatable bonds is 4. The molecule has 4 aliphatic rings. The van der Waals surface area contributed by atoms with E-state index in [1.165, 1.54) is 64.2 Å². The maximum Gasteiger partial charge on any atom is 0.303 e. The first-order chi connectivity index (χ1) is 12.4. The lowest BCUT2D eigenvalue weighted by molar-refractivity contribution is -0.137. The second-order valence-electron chi connectivity index (χ2n) is 11.0. The van der Waals surface area contributed by atoms with Crippen molar-refractivity contribution in [3.8, 4) is 0 Å². The van der Waals surface area contributed by atoms with Gasteiger partial charge in [-0.3, -0.25) is 4.79 Å².